The Morgan fingerprint density at radius 2 is 2.18 bits per heavy atom. The molecule has 0 aliphatic rings. The second-order valence-corrected chi connectivity index (χ2v) is 4.59. The number of hydrogen-bond acceptors (Lipinski definition) is 4. The number of rotatable bonds is 3. The molecule has 1 heterocycles. The molecule has 1 aromatic carbocycles. The smallest absolute Gasteiger partial charge is 0.251 e. The zero-order valence-electron chi connectivity index (χ0n) is 9.43. The molecule has 0 aliphatic heterocycles. The van der Waals surface area contributed by atoms with E-state index in [0.29, 0.717) is 23.0 Å². The molecule has 1 aromatic heterocycles. The van der Waals surface area contributed by atoms with E-state index in [2.05, 4.69) is 9.97 Å². The van der Waals surface area contributed by atoms with E-state index >= 15 is 0 Å². The molecule has 4 nitrogen and oxygen atoms in total. The number of nitrogens with zero attached hydrogens (tertiary/aromatic N) is 1. The summed E-state index contributed by atoms with van der Waals surface area (Å²) in [5.74, 6) is 0.689. The lowest BCUT2D eigenvalue weighted by Gasteiger charge is -2.04. The van der Waals surface area contributed by atoms with Gasteiger partial charge in [-0.05, 0) is 12.1 Å². The Morgan fingerprint density at radius 1 is 1.41 bits per heavy atom. The van der Waals surface area contributed by atoms with Gasteiger partial charge >= 0.3 is 0 Å². The third kappa shape index (κ3) is 2.88. The predicted molar refractivity (Wildman–Crippen MR) is 69.2 cm³/mol. The molecule has 2 aromatic rings. The molecule has 0 bridgehead atoms. The van der Waals surface area contributed by atoms with Crippen LogP contribution in [0.1, 0.15) is 12.7 Å². The molecule has 3 N–H and O–H groups in total. The van der Waals surface area contributed by atoms with Crippen molar-refractivity contribution >= 4 is 17.4 Å². The van der Waals surface area contributed by atoms with Crippen LogP contribution in [0.3, 0.4) is 0 Å². The van der Waals surface area contributed by atoms with Crippen molar-refractivity contribution in [2.45, 2.75) is 23.3 Å². The Bertz CT molecular complexity index is 580. The first-order chi connectivity index (χ1) is 8.19. The highest BCUT2D eigenvalue weighted by molar-refractivity contribution is 7.99. The molecule has 2 rings (SSSR count). The van der Waals surface area contributed by atoms with Crippen LogP contribution in [0.4, 0.5) is 5.69 Å². The third-order valence-electron chi connectivity index (χ3n) is 2.24. The zero-order chi connectivity index (χ0) is 12.3. The quantitative estimate of drug-likeness (QED) is 0.643. The van der Waals surface area contributed by atoms with Crippen molar-refractivity contribution in [3.8, 4) is 0 Å². The first kappa shape index (κ1) is 11.7. The van der Waals surface area contributed by atoms with Gasteiger partial charge in [0.25, 0.3) is 5.56 Å². The topological polar surface area (TPSA) is 71.8 Å². The van der Waals surface area contributed by atoms with E-state index in [0.717, 1.165) is 4.90 Å². The lowest BCUT2D eigenvalue weighted by Crippen LogP contribution is -2.10. The number of anilines is 1. The second kappa shape index (κ2) is 5.05. The number of hydrogen-bond donors (Lipinski definition) is 2. The molecule has 0 spiro atoms. The van der Waals surface area contributed by atoms with E-state index in [9.17, 15) is 4.79 Å². The lowest BCUT2D eigenvalue weighted by atomic mass is 10.3. The van der Waals surface area contributed by atoms with Crippen molar-refractivity contribution in [2.75, 3.05) is 5.73 Å². The van der Waals surface area contributed by atoms with Crippen LogP contribution < -0.4 is 11.3 Å². The van der Waals surface area contributed by atoms with Gasteiger partial charge in [-0.3, -0.25) is 4.79 Å². The van der Waals surface area contributed by atoms with Crippen molar-refractivity contribution in [1.29, 1.82) is 0 Å². The van der Waals surface area contributed by atoms with Gasteiger partial charge in [0.05, 0.1) is 0 Å². The van der Waals surface area contributed by atoms with Crippen LogP contribution in [-0.2, 0) is 6.42 Å². The fourth-order valence-electron chi connectivity index (χ4n) is 1.39. The zero-order valence-corrected chi connectivity index (χ0v) is 10.3. The maximum absolute atomic E-state index is 11.4. The van der Waals surface area contributed by atoms with Gasteiger partial charge in [0, 0.05) is 23.1 Å². The first-order valence-corrected chi connectivity index (χ1v) is 6.13. The van der Waals surface area contributed by atoms with Crippen LogP contribution in [0.25, 0.3) is 0 Å². The fraction of sp³-hybridized carbons (Fsp3) is 0.167. The SMILES string of the molecule is CCc1nc(Sc2ccccc2N)cc(=O)[nH]1. The van der Waals surface area contributed by atoms with Crippen molar-refractivity contribution in [3.63, 3.8) is 0 Å². The van der Waals surface area contributed by atoms with E-state index in [4.69, 9.17) is 5.73 Å². The minimum atomic E-state index is -0.131. The summed E-state index contributed by atoms with van der Waals surface area (Å²) in [6.45, 7) is 1.95. The van der Waals surface area contributed by atoms with Crippen LogP contribution >= 0.6 is 11.8 Å². The molecule has 0 amide bonds. The number of aryl methyl sites for hydroxylation is 1. The minimum absolute atomic E-state index is 0.131. The van der Waals surface area contributed by atoms with Crippen LogP contribution in [0.5, 0.6) is 0 Å². The van der Waals surface area contributed by atoms with Gasteiger partial charge in [-0.1, -0.05) is 30.8 Å². The predicted octanol–water partition coefficient (Wildman–Crippen LogP) is 2.07. The summed E-state index contributed by atoms with van der Waals surface area (Å²) in [6.07, 6.45) is 0.702. The molecule has 0 unspecified atom stereocenters. The van der Waals surface area contributed by atoms with E-state index in [1.165, 1.54) is 17.8 Å². The normalized spacial score (nSPS) is 10.4. The van der Waals surface area contributed by atoms with Gasteiger partial charge < -0.3 is 10.7 Å². The largest absolute Gasteiger partial charge is 0.398 e. The average Bonchev–Trinajstić information content (AvgIpc) is 2.31. The molecule has 0 saturated carbocycles. The Kier molecular flexibility index (Phi) is 3.49. The van der Waals surface area contributed by atoms with Crippen LogP contribution in [0.2, 0.25) is 0 Å². The van der Waals surface area contributed by atoms with Gasteiger partial charge in [-0.25, -0.2) is 4.98 Å². The standard InChI is InChI=1S/C12H13N3OS/c1-2-10-14-11(16)7-12(15-10)17-9-6-4-3-5-8(9)13/h3-7H,2,13H2,1H3,(H,14,15,16). The molecule has 0 saturated heterocycles. The summed E-state index contributed by atoms with van der Waals surface area (Å²) >= 11 is 1.40. The number of nitrogens with one attached hydrogen (secondary N) is 1. The number of nitrogen functional groups attached to an aromatic ring is 1. The van der Waals surface area contributed by atoms with Gasteiger partial charge in [0.2, 0.25) is 0 Å². The monoisotopic (exact) mass is 247 g/mol. The highest BCUT2D eigenvalue weighted by atomic mass is 32.2. The number of para-hydroxylation sites is 1. The Hall–Kier alpha value is -1.75. The number of H-pyrrole nitrogens is 1. The molecular weight excluding hydrogens is 234 g/mol. The van der Waals surface area contributed by atoms with E-state index < -0.39 is 0 Å². The molecule has 0 aliphatic carbocycles. The summed E-state index contributed by atoms with van der Waals surface area (Å²) in [5.41, 5.74) is 6.40. The van der Waals surface area contributed by atoms with Crippen molar-refractivity contribution < 1.29 is 0 Å². The summed E-state index contributed by atoms with van der Waals surface area (Å²) < 4.78 is 0. The van der Waals surface area contributed by atoms with Crippen molar-refractivity contribution in [1.82, 2.24) is 9.97 Å². The van der Waals surface area contributed by atoms with E-state index in [1.54, 1.807) is 0 Å². The summed E-state index contributed by atoms with van der Waals surface area (Å²) in [7, 11) is 0. The summed E-state index contributed by atoms with van der Waals surface area (Å²) in [4.78, 5) is 19.3. The minimum Gasteiger partial charge on any atom is -0.398 e. The molecule has 5 heteroatoms. The van der Waals surface area contributed by atoms with E-state index in [-0.39, 0.29) is 5.56 Å². The summed E-state index contributed by atoms with van der Waals surface area (Å²) in [6, 6.07) is 9.01. The Labute approximate surface area is 103 Å². The van der Waals surface area contributed by atoms with Crippen LogP contribution in [0.15, 0.2) is 45.0 Å². The molecule has 0 radical (unpaired) electrons. The number of benzene rings is 1. The van der Waals surface area contributed by atoms with Gasteiger partial charge in [0.15, 0.2) is 0 Å². The molecule has 17 heavy (non-hydrogen) atoms. The van der Waals surface area contributed by atoms with Gasteiger partial charge in [-0.15, -0.1) is 0 Å². The highest BCUT2D eigenvalue weighted by Gasteiger charge is 2.04. The summed E-state index contributed by atoms with van der Waals surface area (Å²) in [5, 5.41) is 0.670. The number of aromatic nitrogens is 2. The first-order valence-electron chi connectivity index (χ1n) is 5.31. The Morgan fingerprint density at radius 3 is 2.88 bits per heavy atom. The highest BCUT2D eigenvalue weighted by Crippen LogP contribution is 2.29. The lowest BCUT2D eigenvalue weighted by molar-refractivity contribution is 0.870. The van der Waals surface area contributed by atoms with Crippen molar-refractivity contribution in [3.05, 3.63) is 46.5 Å². The van der Waals surface area contributed by atoms with Crippen molar-refractivity contribution in [2.24, 2.45) is 0 Å². The Balaban J connectivity index is 2.33. The molecule has 0 fully saturated rings. The van der Waals surface area contributed by atoms with Gasteiger partial charge in [-0.2, -0.15) is 0 Å². The van der Waals surface area contributed by atoms with Crippen LogP contribution in [-0.4, -0.2) is 9.97 Å². The number of aromatic amines is 1. The van der Waals surface area contributed by atoms with Gasteiger partial charge in [0.1, 0.15) is 10.9 Å². The van der Waals surface area contributed by atoms with Crippen LogP contribution in [0, 0.1) is 0 Å². The average molecular weight is 247 g/mol. The fourth-order valence-corrected chi connectivity index (χ4v) is 2.27. The molecular formula is C12H13N3OS. The second-order valence-electron chi connectivity index (χ2n) is 3.52. The number of nitrogens with two attached hydrogens (primary N) is 1. The molecule has 88 valence electrons. The maximum Gasteiger partial charge on any atom is 0.251 e. The third-order valence-corrected chi connectivity index (χ3v) is 3.25. The maximum atomic E-state index is 11.4. The van der Waals surface area contributed by atoms with E-state index in [1.807, 2.05) is 31.2 Å². The molecule has 0 atom stereocenters.